The molecule has 18 heavy (non-hydrogen) atoms. The first-order valence-electron chi connectivity index (χ1n) is 6.58. The topological polar surface area (TPSA) is 55.4 Å². The lowest BCUT2D eigenvalue weighted by atomic mass is 10.0. The molecule has 0 aliphatic heterocycles. The lowest BCUT2D eigenvalue weighted by Gasteiger charge is -2.34. The van der Waals surface area contributed by atoms with Crippen LogP contribution < -0.4 is 5.32 Å². The molecular weight excluding hydrogens is 250 g/mol. The third-order valence-electron chi connectivity index (χ3n) is 3.72. The zero-order valence-electron chi connectivity index (χ0n) is 12.8. The number of hydrogen-bond donors (Lipinski definition) is 1. The maximum absolute atomic E-state index is 12.3. The van der Waals surface area contributed by atoms with E-state index in [4.69, 9.17) is 4.74 Å². The Morgan fingerprint density at radius 3 is 2.06 bits per heavy atom. The maximum atomic E-state index is 12.3. The van der Waals surface area contributed by atoms with Crippen molar-refractivity contribution in [2.45, 2.75) is 58.4 Å². The van der Waals surface area contributed by atoms with E-state index in [9.17, 15) is 8.42 Å². The minimum Gasteiger partial charge on any atom is -0.377 e. The fraction of sp³-hybridized carbons (Fsp3) is 1.00. The SMILES string of the molecule is CCNC(CS(=O)(=O)C(C)C(C)C)C(C)(C)OC. The van der Waals surface area contributed by atoms with Gasteiger partial charge in [-0.3, -0.25) is 0 Å². The zero-order valence-corrected chi connectivity index (χ0v) is 13.6. The third-order valence-corrected chi connectivity index (χ3v) is 6.20. The van der Waals surface area contributed by atoms with Gasteiger partial charge in [-0.05, 0) is 33.2 Å². The first-order chi connectivity index (χ1) is 8.08. The quantitative estimate of drug-likeness (QED) is 0.737. The monoisotopic (exact) mass is 279 g/mol. The van der Waals surface area contributed by atoms with Gasteiger partial charge in [0.25, 0.3) is 0 Å². The molecule has 0 bridgehead atoms. The Bertz CT molecular complexity index is 336. The van der Waals surface area contributed by atoms with Crippen molar-refractivity contribution in [1.29, 1.82) is 0 Å². The summed E-state index contributed by atoms with van der Waals surface area (Å²) in [6.45, 7) is 12.2. The predicted octanol–water partition coefficient (Wildman–Crippen LogP) is 1.85. The van der Waals surface area contributed by atoms with Crippen molar-refractivity contribution in [1.82, 2.24) is 5.32 Å². The van der Waals surface area contributed by atoms with Crippen LogP contribution in [0, 0.1) is 5.92 Å². The number of ether oxygens (including phenoxy) is 1. The number of rotatable bonds is 8. The molecular formula is C13H29NO3S. The van der Waals surface area contributed by atoms with Gasteiger partial charge in [-0.1, -0.05) is 20.8 Å². The van der Waals surface area contributed by atoms with Crippen LogP contribution in [-0.4, -0.2) is 44.7 Å². The van der Waals surface area contributed by atoms with E-state index < -0.39 is 15.4 Å². The minimum atomic E-state index is -3.12. The highest BCUT2D eigenvalue weighted by molar-refractivity contribution is 7.92. The van der Waals surface area contributed by atoms with Crippen molar-refractivity contribution in [2.24, 2.45) is 5.92 Å². The summed E-state index contributed by atoms with van der Waals surface area (Å²) in [5.41, 5.74) is -0.500. The van der Waals surface area contributed by atoms with Crippen molar-refractivity contribution in [2.75, 3.05) is 19.4 Å². The second-order valence-corrected chi connectivity index (χ2v) is 8.10. The largest absolute Gasteiger partial charge is 0.377 e. The molecule has 0 spiro atoms. The van der Waals surface area contributed by atoms with E-state index in [0.717, 1.165) is 6.54 Å². The lowest BCUT2D eigenvalue weighted by Crippen LogP contribution is -2.53. The van der Waals surface area contributed by atoms with Crippen molar-refractivity contribution >= 4 is 9.84 Å². The molecule has 0 aromatic rings. The summed E-state index contributed by atoms with van der Waals surface area (Å²) in [4.78, 5) is 0. The summed E-state index contributed by atoms with van der Waals surface area (Å²) < 4.78 is 30.1. The molecule has 1 N–H and O–H groups in total. The number of sulfone groups is 1. The molecule has 0 aromatic carbocycles. The fourth-order valence-corrected chi connectivity index (χ4v) is 3.81. The molecule has 0 aromatic heterocycles. The summed E-state index contributed by atoms with van der Waals surface area (Å²) in [7, 11) is -1.50. The van der Waals surface area contributed by atoms with Gasteiger partial charge in [0.2, 0.25) is 0 Å². The van der Waals surface area contributed by atoms with E-state index in [1.165, 1.54) is 0 Å². The molecule has 0 saturated heterocycles. The summed E-state index contributed by atoms with van der Waals surface area (Å²) in [5.74, 6) is 0.240. The Labute approximate surface area is 112 Å². The standard InChI is InChI=1S/C13H29NO3S/c1-8-14-12(13(5,6)17-7)9-18(15,16)11(4)10(2)3/h10-12,14H,8-9H2,1-7H3. The Balaban J connectivity index is 5.00. The van der Waals surface area contributed by atoms with E-state index in [1.54, 1.807) is 14.0 Å². The first kappa shape index (κ1) is 17.9. The lowest BCUT2D eigenvalue weighted by molar-refractivity contribution is -0.00361. The summed E-state index contributed by atoms with van der Waals surface area (Å²) in [6.07, 6.45) is 0. The van der Waals surface area contributed by atoms with Crippen molar-refractivity contribution in [3.05, 3.63) is 0 Å². The number of likely N-dealkylation sites (N-methyl/N-ethyl adjacent to an activating group) is 1. The van der Waals surface area contributed by atoms with Gasteiger partial charge in [0.05, 0.1) is 16.6 Å². The van der Waals surface area contributed by atoms with Crippen LogP contribution in [0.1, 0.15) is 41.5 Å². The highest BCUT2D eigenvalue weighted by Gasteiger charge is 2.35. The van der Waals surface area contributed by atoms with Gasteiger partial charge in [0.15, 0.2) is 9.84 Å². The van der Waals surface area contributed by atoms with Gasteiger partial charge in [0, 0.05) is 13.2 Å². The molecule has 0 heterocycles. The molecule has 5 heteroatoms. The van der Waals surface area contributed by atoms with Gasteiger partial charge in [0.1, 0.15) is 0 Å². The second-order valence-electron chi connectivity index (χ2n) is 5.70. The number of nitrogens with one attached hydrogen (secondary N) is 1. The molecule has 0 saturated carbocycles. The molecule has 4 nitrogen and oxygen atoms in total. The predicted molar refractivity (Wildman–Crippen MR) is 76.6 cm³/mol. The Kier molecular flexibility index (Phi) is 6.82. The summed E-state index contributed by atoms with van der Waals surface area (Å²) in [5, 5.41) is 2.89. The van der Waals surface area contributed by atoms with Crippen LogP contribution in [0.5, 0.6) is 0 Å². The molecule has 2 atom stereocenters. The number of methoxy groups -OCH3 is 1. The van der Waals surface area contributed by atoms with Gasteiger partial charge in [-0.25, -0.2) is 8.42 Å². The third kappa shape index (κ3) is 4.86. The molecule has 110 valence electrons. The van der Waals surface area contributed by atoms with Crippen LogP contribution in [0.15, 0.2) is 0 Å². The molecule has 0 rings (SSSR count). The van der Waals surface area contributed by atoms with E-state index in [2.05, 4.69) is 5.32 Å². The van der Waals surface area contributed by atoms with Crippen molar-refractivity contribution in [3.63, 3.8) is 0 Å². The maximum Gasteiger partial charge on any atom is 0.154 e. The normalized spacial score (nSPS) is 16.9. The second kappa shape index (κ2) is 6.87. The van der Waals surface area contributed by atoms with Crippen molar-refractivity contribution < 1.29 is 13.2 Å². The molecule has 0 radical (unpaired) electrons. The average molecular weight is 279 g/mol. The average Bonchev–Trinajstić information content (AvgIpc) is 2.27. The smallest absolute Gasteiger partial charge is 0.154 e. The fourth-order valence-electron chi connectivity index (χ4n) is 1.69. The Hall–Kier alpha value is -0.130. The highest BCUT2D eigenvalue weighted by atomic mass is 32.2. The minimum absolute atomic E-state index is 0.112. The first-order valence-corrected chi connectivity index (χ1v) is 8.30. The van der Waals surface area contributed by atoms with E-state index in [1.807, 2.05) is 34.6 Å². The molecule has 0 amide bonds. The van der Waals surface area contributed by atoms with E-state index in [0.29, 0.717) is 0 Å². The highest BCUT2D eigenvalue weighted by Crippen LogP contribution is 2.20. The van der Waals surface area contributed by atoms with Crippen LogP contribution in [0.4, 0.5) is 0 Å². The zero-order chi connectivity index (χ0) is 14.6. The molecule has 2 unspecified atom stereocenters. The Morgan fingerprint density at radius 1 is 1.22 bits per heavy atom. The van der Waals surface area contributed by atoms with Crippen molar-refractivity contribution in [3.8, 4) is 0 Å². The van der Waals surface area contributed by atoms with Gasteiger partial charge in [-0.15, -0.1) is 0 Å². The van der Waals surface area contributed by atoms with Crippen LogP contribution >= 0.6 is 0 Å². The van der Waals surface area contributed by atoms with Gasteiger partial charge in [-0.2, -0.15) is 0 Å². The summed E-state index contributed by atoms with van der Waals surface area (Å²) in [6, 6.07) is -0.196. The van der Waals surface area contributed by atoms with E-state index in [-0.39, 0.29) is 23.0 Å². The van der Waals surface area contributed by atoms with Gasteiger partial charge >= 0.3 is 0 Å². The van der Waals surface area contributed by atoms with E-state index >= 15 is 0 Å². The molecule has 0 aliphatic carbocycles. The van der Waals surface area contributed by atoms with Gasteiger partial charge < -0.3 is 10.1 Å². The van der Waals surface area contributed by atoms with Crippen LogP contribution in [0.25, 0.3) is 0 Å². The Morgan fingerprint density at radius 2 is 1.72 bits per heavy atom. The number of hydrogen-bond acceptors (Lipinski definition) is 4. The summed E-state index contributed by atoms with van der Waals surface area (Å²) >= 11 is 0. The van der Waals surface area contributed by atoms with Crippen LogP contribution in [-0.2, 0) is 14.6 Å². The molecule has 0 aliphatic rings. The van der Waals surface area contributed by atoms with Crippen LogP contribution in [0.3, 0.4) is 0 Å². The van der Waals surface area contributed by atoms with Crippen LogP contribution in [0.2, 0.25) is 0 Å². The molecule has 0 fully saturated rings.